The van der Waals surface area contributed by atoms with Crippen LogP contribution in [0.3, 0.4) is 0 Å². The third-order valence-corrected chi connectivity index (χ3v) is 8.39. The summed E-state index contributed by atoms with van der Waals surface area (Å²) in [5, 5.41) is 13.0. The molecule has 10 heteroatoms. The van der Waals surface area contributed by atoms with E-state index < -0.39 is 11.6 Å². The molecular weight excluding hydrogens is 473 g/mol. The van der Waals surface area contributed by atoms with Crippen molar-refractivity contribution in [3.8, 4) is 0 Å². The monoisotopic (exact) mass is 505 g/mol. The third kappa shape index (κ3) is 5.00. The van der Waals surface area contributed by atoms with Crippen molar-refractivity contribution in [2.75, 3.05) is 32.7 Å². The second-order valence-corrected chi connectivity index (χ2v) is 10.2. The minimum atomic E-state index is -1.05. The van der Waals surface area contributed by atoms with Crippen LogP contribution in [0.1, 0.15) is 45.1 Å². The number of hydrogen-bond donors (Lipinski definition) is 2. The Morgan fingerprint density at radius 3 is 2.82 bits per heavy atom. The van der Waals surface area contributed by atoms with Crippen LogP contribution in [0.25, 0.3) is 0 Å². The average Bonchev–Trinajstić information content (AvgIpc) is 3.20. The summed E-state index contributed by atoms with van der Waals surface area (Å²) in [6, 6.07) is 6.46. The Morgan fingerprint density at radius 2 is 2.18 bits per heavy atom. The number of carbonyl (C=O) groups is 1. The van der Waals surface area contributed by atoms with Gasteiger partial charge < -0.3 is 10.0 Å². The number of hydrazine groups is 1. The smallest absolute Gasteiger partial charge is 0.408 e. The molecular formula is C24H32FN5O2S2. The van der Waals surface area contributed by atoms with Crippen molar-refractivity contribution >= 4 is 40.2 Å². The van der Waals surface area contributed by atoms with Crippen molar-refractivity contribution in [1.82, 2.24) is 20.2 Å². The van der Waals surface area contributed by atoms with Crippen molar-refractivity contribution in [1.29, 1.82) is 0 Å². The molecule has 2 N–H and O–H groups in total. The van der Waals surface area contributed by atoms with Gasteiger partial charge in [0.1, 0.15) is 10.8 Å². The molecule has 4 rings (SSSR count). The standard InChI is InChI=1S/C24H32FN5O2S2/c1-3-28(4-2)19-10-13-29(23(31)32)24(15-19,17-8-7-9-18(25)14-17)16-20-21(33)27-22(34-20)30-12-6-5-11-26-30/h7-9,14,16,19,26H,3-6,10-13,15H2,1-2H3,(H,31,32). The fraction of sp³-hybridized carbons (Fsp3) is 0.542. The minimum Gasteiger partial charge on any atom is -0.465 e. The Labute approximate surface area is 210 Å². The van der Waals surface area contributed by atoms with Crippen LogP contribution in [0.4, 0.5) is 9.18 Å². The molecule has 2 atom stereocenters. The first kappa shape index (κ1) is 25.1. The van der Waals surface area contributed by atoms with E-state index in [0.717, 1.165) is 55.5 Å². The number of benzene rings is 1. The lowest BCUT2D eigenvalue weighted by Crippen LogP contribution is -2.57. The van der Waals surface area contributed by atoms with E-state index in [9.17, 15) is 14.3 Å². The van der Waals surface area contributed by atoms with Gasteiger partial charge in [-0.1, -0.05) is 38.2 Å². The summed E-state index contributed by atoms with van der Waals surface area (Å²) in [6.07, 6.45) is 4.35. The molecule has 0 aromatic heterocycles. The number of halogens is 1. The van der Waals surface area contributed by atoms with E-state index in [-0.39, 0.29) is 11.9 Å². The molecule has 0 spiro atoms. The fourth-order valence-electron chi connectivity index (χ4n) is 5.20. The topological polar surface area (TPSA) is 71.4 Å². The molecule has 2 unspecified atom stereocenters. The first-order chi connectivity index (χ1) is 16.4. The van der Waals surface area contributed by atoms with Gasteiger partial charge in [-0.05, 0) is 74.3 Å². The van der Waals surface area contributed by atoms with Crippen molar-refractivity contribution < 1.29 is 14.3 Å². The van der Waals surface area contributed by atoms with Crippen molar-refractivity contribution in [3.63, 3.8) is 0 Å². The Bertz CT molecular complexity index is 993. The zero-order valence-corrected chi connectivity index (χ0v) is 21.3. The van der Waals surface area contributed by atoms with Crippen LogP contribution in [-0.2, 0) is 5.54 Å². The van der Waals surface area contributed by atoms with Crippen LogP contribution in [0.15, 0.2) is 40.2 Å². The van der Waals surface area contributed by atoms with E-state index in [1.807, 2.05) is 17.2 Å². The van der Waals surface area contributed by atoms with Crippen molar-refractivity contribution in [3.05, 3.63) is 46.6 Å². The van der Waals surface area contributed by atoms with E-state index in [4.69, 9.17) is 12.2 Å². The quantitative estimate of drug-likeness (QED) is 0.453. The Hall–Kier alpha value is -2.01. The van der Waals surface area contributed by atoms with Crippen LogP contribution in [0.2, 0.25) is 0 Å². The predicted molar refractivity (Wildman–Crippen MR) is 138 cm³/mol. The SMILES string of the molecule is CCN(CC)C1CCN(C(=O)O)C(C=C2SC(N3CCCCN3)=NC2=S)(c2cccc(F)c2)C1. The van der Waals surface area contributed by atoms with Gasteiger partial charge in [0.25, 0.3) is 0 Å². The van der Waals surface area contributed by atoms with Gasteiger partial charge in [-0.25, -0.2) is 19.6 Å². The van der Waals surface area contributed by atoms with Crippen molar-refractivity contribution in [2.45, 2.75) is 51.1 Å². The highest BCUT2D eigenvalue weighted by molar-refractivity contribution is 8.19. The minimum absolute atomic E-state index is 0.162. The van der Waals surface area contributed by atoms with Gasteiger partial charge in [-0.3, -0.25) is 9.91 Å². The maximum atomic E-state index is 14.4. The lowest BCUT2D eigenvalue weighted by atomic mass is 9.77. The van der Waals surface area contributed by atoms with E-state index in [2.05, 4.69) is 29.2 Å². The van der Waals surface area contributed by atoms with E-state index in [0.29, 0.717) is 23.5 Å². The summed E-state index contributed by atoms with van der Waals surface area (Å²) in [4.78, 5) is 22.1. The van der Waals surface area contributed by atoms with E-state index >= 15 is 0 Å². The summed E-state index contributed by atoms with van der Waals surface area (Å²) in [7, 11) is 0. The molecule has 3 heterocycles. The number of amides is 1. The van der Waals surface area contributed by atoms with Crippen LogP contribution in [0.5, 0.6) is 0 Å². The van der Waals surface area contributed by atoms with Gasteiger partial charge in [-0.15, -0.1) is 0 Å². The fourth-order valence-corrected chi connectivity index (χ4v) is 6.51. The third-order valence-electron chi connectivity index (χ3n) is 6.92. The molecule has 184 valence electrons. The average molecular weight is 506 g/mol. The van der Waals surface area contributed by atoms with Crippen LogP contribution < -0.4 is 5.43 Å². The molecule has 3 aliphatic heterocycles. The number of nitrogens with one attached hydrogen (secondary N) is 1. The first-order valence-corrected chi connectivity index (χ1v) is 13.2. The molecule has 1 aromatic rings. The Morgan fingerprint density at radius 1 is 1.38 bits per heavy atom. The van der Waals surface area contributed by atoms with Crippen LogP contribution in [0, 0.1) is 5.82 Å². The number of aliphatic imine (C=N–C) groups is 1. The molecule has 2 fully saturated rings. The van der Waals surface area contributed by atoms with Gasteiger partial charge >= 0.3 is 6.09 Å². The molecule has 0 radical (unpaired) electrons. The zero-order chi connectivity index (χ0) is 24.3. The number of nitrogens with zero attached hydrogens (tertiary/aromatic N) is 4. The number of piperidine rings is 1. The largest absolute Gasteiger partial charge is 0.465 e. The second-order valence-electron chi connectivity index (χ2n) is 8.81. The summed E-state index contributed by atoms with van der Waals surface area (Å²) >= 11 is 7.09. The molecule has 0 bridgehead atoms. The predicted octanol–water partition coefficient (Wildman–Crippen LogP) is 4.42. The number of hydrogen-bond acceptors (Lipinski definition) is 6. The number of rotatable bonds is 5. The van der Waals surface area contributed by atoms with E-state index in [1.54, 1.807) is 6.07 Å². The van der Waals surface area contributed by atoms with Gasteiger partial charge in [0.05, 0.1) is 10.4 Å². The van der Waals surface area contributed by atoms with Crippen molar-refractivity contribution in [2.24, 2.45) is 4.99 Å². The van der Waals surface area contributed by atoms with Gasteiger partial charge in [0.2, 0.25) is 0 Å². The molecule has 1 amide bonds. The molecule has 2 saturated heterocycles. The zero-order valence-electron chi connectivity index (χ0n) is 19.7. The van der Waals surface area contributed by atoms with E-state index in [1.165, 1.54) is 28.8 Å². The number of carboxylic acid groups (broad SMARTS) is 1. The summed E-state index contributed by atoms with van der Waals surface area (Å²) in [5.74, 6) is -0.387. The van der Waals surface area contributed by atoms with Gasteiger partial charge in [0, 0.05) is 25.7 Å². The molecule has 1 aromatic carbocycles. The summed E-state index contributed by atoms with van der Waals surface area (Å²) in [5.41, 5.74) is 2.92. The highest BCUT2D eigenvalue weighted by Gasteiger charge is 2.47. The first-order valence-electron chi connectivity index (χ1n) is 11.9. The summed E-state index contributed by atoms with van der Waals surface area (Å²) < 4.78 is 14.4. The summed E-state index contributed by atoms with van der Waals surface area (Å²) in [6.45, 7) is 8.05. The number of amidine groups is 1. The highest BCUT2D eigenvalue weighted by Crippen LogP contribution is 2.44. The van der Waals surface area contributed by atoms with Crippen LogP contribution in [-0.4, -0.2) is 74.9 Å². The molecule has 0 aliphatic carbocycles. The number of likely N-dealkylation sites (tertiary alicyclic amines) is 1. The normalized spacial score (nSPS) is 26.9. The maximum Gasteiger partial charge on any atom is 0.408 e. The van der Waals surface area contributed by atoms with Gasteiger partial charge in [-0.2, -0.15) is 0 Å². The molecule has 7 nitrogen and oxygen atoms in total. The van der Waals surface area contributed by atoms with Gasteiger partial charge in [0.15, 0.2) is 5.17 Å². The maximum absolute atomic E-state index is 14.4. The number of thioether (sulfide) groups is 1. The van der Waals surface area contributed by atoms with Crippen LogP contribution >= 0.6 is 24.0 Å². The lowest BCUT2D eigenvalue weighted by Gasteiger charge is -2.49. The molecule has 0 saturated carbocycles. The Kier molecular flexibility index (Phi) is 7.91. The Balaban J connectivity index is 1.78. The molecule has 34 heavy (non-hydrogen) atoms. The highest BCUT2D eigenvalue weighted by atomic mass is 32.2. The number of thiocarbonyl (C=S) groups is 1. The lowest BCUT2D eigenvalue weighted by molar-refractivity contribution is 0.0295. The molecule has 3 aliphatic rings. The second kappa shape index (κ2) is 10.7.